The van der Waals surface area contributed by atoms with Gasteiger partial charge in [0, 0.05) is 0 Å². The number of nitrogens with one attached hydrogen (secondary N) is 1. The number of para-hydroxylation sites is 1. The van der Waals surface area contributed by atoms with Crippen molar-refractivity contribution in [1.82, 2.24) is 5.32 Å². The van der Waals surface area contributed by atoms with E-state index in [4.69, 9.17) is 4.74 Å². The maximum atomic E-state index is 12.3. The Bertz CT molecular complexity index is 506. The number of rotatable bonds is 3. The second-order valence-electron chi connectivity index (χ2n) is 5.11. The molecule has 0 saturated heterocycles. The number of phenols is 1. The fourth-order valence-electron chi connectivity index (χ4n) is 2.68. The van der Waals surface area contributed by atoms with Crippen molar-refractivity contribution in [2.45, 2.75) is 37.6 Å². The van der Waals surface area contributed by atoms with Gasteiger partial charge in [0.25, 0.3) is 5.91 Å². The van der Waals surface area contributed by atoms with E-state index in [0.29, 0.717) is 12.8 Å². The Morgan fingerprint density at radius 2 is 1.85 bits per heavy atom. The molecule has 2 N–H and O–H groups in total. The van der Waals surface area contributed by atoms with Crippen molar-refractivity contribution >= 4 is 11.9 Å². The van der Waals surface area contributed by atoms with Gasteiger partial charge in [-0.3, -0.25) is 4.79 Å². The van der Waals surface area contributed by atoms with Crippen LogP contribution in [0.5, 0.6) is 5.75 Å². The van der Waals surface area contributed by atoms with Crippen LogP contribution in [0.4, 0.5) is 0 Å². The smallest absolute Gasteiger partial charge is 0.331 e. The molecule has 5 heteroatoms. The number of esters is 1. The van der Waals surface area contributed by atoms with Gasteiger partial charge in [-0.2, -0.15) is 0 Å². The molecule has 5 nitrogen and oxygen atoms in total. The first kappa shape index (κ1) is 14.4. The number of ether oxygens (including phenoxy) is 1. The average Bonchev–Trinajstić information content (AvgIpc) is 2.47. The first-order valence-corrected chi connectivity index (χ1v) is 6.78. The molecule has 1 aromatic carbocycles. The van der Waals surface area contributed by atoms with Crippen molar-refractivity contribution in [2.75, 3.05) is 7.11 Å². The van der Waals surface area contributed by atoms with Gasteiger partial charge in [0.05, 0.1) is 12.7 Å². The van der Waals surface area contributed by atoms with E-state index in [-0.39, 0.29) is 11.3 Å². The predicted molar refractivity (Wildman–Crippen MR) is 73.4 cm³/mol. The van der Waals surface area contributed by atoms with E-state index < -0.39 is 17.4 Å². The fraction of sp³-hybridized carbons (Fsp3) is 0.467. The number of phenolic OH excluding ortho intramolecular Hbond substituents is 1. The van der Waals surface area contributed by atoms with Gasteiger partial charge in [-0.25, -0.2) is 4.79 Å². The molecule has 1 aromatic rings. The highest BCUT2D eigenvalue weighted by molar-refractivity contribution is 6.00. The molecule has 0 radical (unpaired) electrons. The molecule has 0 spiro atoms. The van der Waals surface area contributed by atoms with Gasteiger partial charge in [0.2, 0.25) is 0 Å². The predicted octanol–water partition coefficient (Wildman–Crippen LogP) is 2.00. The number of amides is 1. The summed E-state index contributed by atoms with van der Waals surface area (Å²) in [5, 5.41) is 12.5. The summed E-state index contributed by atoms with van der Waals surface area (Å²) in [7, 11) is 1.32. The molecular formula is C15H19NO4. The first-order chi connectivity index (χ1) is 9.59. The van der Waals surface area contributed by atoms with E-state index in [1.807, 2.05) is 0 Å². The second-order valence-corrected chi connectivity index (χ2v) is 5.11. The summed E-state index contributed by atoms with van der Waals surface area (Å²) in [6.45, 7) is 0. The average molecular weight is 277 g/mol. The molecule has 1 aliphatic carbocycles. The summed E-state index contributed by atoms with van der Waals surface area (Å²) in [5.74, 6) is -0.961. The van der Waals surface area contributed by atoms with Crippen molar-refractivity contribution in [1.29, 1.82) is 0 Å². The number of hydrogen-bond donors (Lipinski definition) is 2. The molecule has 0 atom stereocenters. The van der Waals surface area contributed by atoms with E-state index in [1.54, 1.807) is 12.1 Å². The minimum Gasteiger partial charge on any atom is -0.507 e. The first-order valence-electron chi connectivity index (χ1n) is 6.78. The van der Waals surface area contributed by atoms with Crippen LogP contribution < -0.4 is 5.32 Å². The van der Waals surface area contributed by atoms with Gasteiger partial charge >= 0.3 is 5.97 Å². The molecule has 1 saturated carbocycles. The highest BCUT2D eigenvalue weighted by atomic mass is 16.5. The highest BCUT2D eigenvalue weighted by Crippen LogP contribution is 2.30. The standard InChI is InChI=1S/C15H19NO4/c1-20-14(19)15(9-5-2-6-10-15)16-13(18)11-7-3-4-8-12(11)17/h3-4,7-8,17H,2,5-6,9-10H2,1H3,(H,16,18). The van der Waals surface area contributed by atoms with Gasteiger partial charge < -0.3 is 15.2 Å². The van der Waals surface area contributed by atoms with Gasteiger partial charge in [0.1, 0.15) is 11.3 Å². The third-order valence-corrected chi connectivity index (χ3v) is 3.78. The van der Waals surface area contributed by atoms with Gasteiger partial charge in [-0.15, -0.1) is 0 Å². The van der Waals surface area contributed by atoms with Crippen LogP contribution in [-0.4, -0.2) is 29.6 Å². The summed E-state index contributed by atoms with van der Waals surface area (Å²) in [5.41, 5.74) is -0.798. The van der Waals surface area contributed by atoms with Gasteiger partial charge in [0.15, 0.2) is 0 Å². The Labute approximate surface area is 117 Å². The molecule has 20 heavy (non-hydrogen) atoms. The molecule has 1 fully saturated rings. The van der Waals surface area contributed by atoms with Crippen LogP contribution in [0.3, 0.4) is 0 Å². The molecule has 0 bridgehead atoms. The lowest BCUT2D eigenvalue weighted by molar-refractivity contribution is -0.149. The van der Waals surface area contributed by atoms with Crippen LogP contribution in [0.1, 0.15) is 42.5 Å². The van der Waals surface area contributed by atoms with Gasteiger partial charge in [-0.1, -0.05) is 31.4 Å². The number of carbonyl (C=O) groups excluding carboxylic acids is 2. The van der Waals surface area contributed by atoms with E-state index in [2.05, 4.69) is 5.32 Å². The third kappa shape index (κ3) is 2.76. The fourth-order valence-corrected chi connectivity index (χ4v) is 2.68. The lowest BCUT2D eigenvalue weighted by Gasteiger charge is -2.35. The van der Waals surface area contributed by atoms with E-state index in [1.165, 1.54) is 19.2 Å². The Morgan fingerprint density at radius 1 is 1.20 bits per heavy atom. The molecule has 0 aromatic heterocycles. The summed E-state index contributed by atoms with van der Waals surface area (Å²) >= 11 is 0. The number of methoxy groups -OCH3 is 1. The Morgan fingerprint density at radius 3 is 2.45 bits per heavy atom. The maximum absolute atomic E-state index is 12.3. The summed E-state index contributed by atoms with van der Waals surface area (Å²) in [4.78, 5) is 24.3. The van der Waals surface area contributed by atoms with Crippen LogP contribution in [0, 0.1) is 0 Å². The van der Waals surface area contributed by atoms with Crippen molar-refractivity contribution in [2.24, 2.45) is 0 Å². The monoisotopic (exact) mass is 277 g/mol. The lowest BCUT2D eigenvalue weighted by Crippen LogP contribution is -2.56. The van der Waals surface area contributed by atoms with Crippen LogP contribution in [0.15, 0.2) is 24.3 Å². The van der Waals surface area contributed by atoms with Crippen LogP contribution in [-0.2, 0) is 9.53 Å². The zero-order valence-corrected chi connectivity index (χ0v) is 11.5. The number of aromatic hydroxyl groups is 1. The summed E-state index contributed by atoms with van der Waals surface area (Å²) < 4.78 is 4.84. The SMILES string of the molecule is COC(=O)C1(NC(=O)c2ccccc2O)CCCCC1. The minimum absolute atomic E-state index is 0.0965. The molecular weight excluding hydrogens is 258 g/mol. The molecule has 108 valence electrons. The second kappa shape index (κ2) is 5.94. The van der Waals surface area contributed by atoms with Crippen molar-refractivity contribution in [3.63, 3.8) is 0 Å². The van der Waals surface area contributed by atoms with Gasteiger partial charge in [-0.05, 0) is 25.0 Å². The van der Waals surface area contributed by atoms with Crippen LogP contribution in [0.2, 0.25) is 0 Å². The Balaban J connectivity index is 2.22. The highest BCUT2D eigenvalue weighted by Gasteiger charge is 2.42. The lowest BCUT2D eigenvalue weighted by atomic mass is 9.81. The number of benzene rings is 1. The van der Waals surface area contributed by atoms with Crippen molar-refractivity contribution in [3.8, 4) is 5.75 Å². The van der Waals surface area contributed by atoms with Crippen molar-refractivity contribution in [3.05, 3.63) is 29.8 Å². The zero-order valence-electron chi connectivity index (χ0n) is 11.5. The molecule has 0 heterocycles. The quantitative estimate of drug-likeness (QED) is 0.829. The third-order valence-electron chi connectivity index (χ3n) is 3.78. The normalized spacial score (nSPS) is 17.2. The number of carbonyl (C=O) groups is 2. The zero-order chi connectivity index (χ0) is 14.6. The maximum Gasteiger partial charge on any atom is 0.331 e. The van der Waals surface area contributed by atoms with E-state index in [0.717, 1.165) is 19.3 Å². The molecule has 0 unspecified atom stereocenters. The molecule has 1 aliphatic rings. The summed E-state index contributed by atoms with van der Waals surface area (Å²) in [6.07, 6.45) is 3.93. The molecule has 2 rings (SSSR count). The van der Waals surface area contributed by atoms with Crippen LogP contribution in [0.25, 0.3) is 0 Å². The summed E-state index contributed by atoms with van der Waals surface area (Å²) in [6, 6.07) is 6.28. The largest absolute Gasteiger partial charge is 0.507 e. The molecule has 1 amide bonds. The van der Waals surface area contributed by atoms with E-state index in [9.17, 15) is 14.7 Å². The number of hydrogen-bond acceptors (Lipinski definition) is 4. The Kier molecular flexibility index (Phi) is 4.27. The topological polar surface area (TPSA) is 75.6 Å². The van der Waals surface area contributed by atoms with E-state index >= 15 is 0 Å². The minimum atomic E-state index is -0.966. The Hall–Kier alpha value is -2.04. The van der Waals surface area contributed by atoms with Crippen molar-refractivity contribution < 1.29 is 19.4 Å². The molecule has 0 aliphatic heterocycles. The van der Waals surface area contributed by atoms with Crippen LogP contribution >= 0.6 is 0 Å².